The first kappa shape index (κ1) is 19.9. The van der Waals surface area contributed by atoms with Crippen molar-refractivity contribution in [3.63, 3.8) is 0 Å². The first-order valence-corrected chi connectivity index (χ1v) is 8.46. The number of esters is 2. The van der Waals surface area contributed by atoms with Crippen molar-refractivity contribution in [3.8, 4) is 0 Å². The Morgan fingerprint density at radius 1 is 0.963 bits per heavy atom. The van der Waals surface area contributed by atoms with E-state index in [2.05, 4.69) is 5.32 Å². The number of aryl methyl sites for hydroxylation is 1. The molecule has 2 rings (SSSR count). The number of amides is 1. The average Bonchev–Trinajstić information content (AvgIpc) is 2.66. The van der Waals surface area contributed by atoms with E-state index in [0.29, 0.717) is 17.9 Å². The zero-order valence-electron chi connectivity index (χ0n) is 15.2. The van der Waals surface area contributed by atoms with Crippen LogP contribution in [0.1, 0.15) is 28.4 Å². The van der Waals surface area contributed by atoms with Gasteiger partial charge in [-0.3, -0.25) is 4.79 Å². The fraction of sp³-hybridized carbons (Fsp3) is 0.190. The Hall–Kier alpha value is -3.41. The minimum atomic E-state index is -0.608. The summed E-state index contributed by atoms with van der Waals surface area (Å²) in [5, 5.41) is 2.58. The lowest BCUT2D eigenvalue weighted by Gasteiger charge is -2.06. The van der Waals surface area contributed by atoms with E-state index in [-0.39, 0.29) is 0 Å². The molecule has 0 bridgehead atoms. The Morgan fingerprint density at radius 3 is 2.26 bits per heavy atom. The van der Waals surface area contributed by atoms with Gasteiger partial charge in [0.15, 0.2) is 6.61 Å². The Kier molecular flexibility index (Phi) is 7.31. The summed E-state index contributed by atoms with van der Waals surface area (Å²) in [5.74, 6) is -1.51. The van der Waals surface area contributed by atoms with Crippen LogP contribution in [0.25, 0.3) is 6.08 Å². The van der Waals surface area contributed by atoms with E-state index in [1.54, 1.807) is 37.3 Å². The number of anilines is 1. The second-order valence-electron chi connectivity index (χ2n) is 5.70. The summed E-state index contributed by atoms with van der Waals surface area (Å²) < 4.78 is 9.79. The quantitative estimate of drug-likeness (QED) is 0.599. The van der Waals surface area contributed by atoms with Crippen LogP contribution >= 0.6 is 0 Å². The molecule has 0 heterocycles. The van der Waals surface area contributed by atoms with Gasteiger partial charge in [0.25, 0.3) is 5.91 Å². The summed E-state index contributed by atoms with van der Waals surface area (Å²) in [5.41, 5.74) is 2.87. The van der Waals surface area contributed by atoms with Crippen LogP contribution in [0.3, 0.4) is 0 Å². The van der Waals surface area contributed by atoms with E-state index >= 15 is 0 Å². The van der Waals surface area contributed by atoms with Crippen LogP contribution in [0.2, 0.25) is 0 Å². The van der Waals surface area contributed by atoms with Gasteiger partial charge in [-0.2, -0.15) is 0 Å². The highest BCUT2D eigenvalue weighted by Gasteiger charge is 2.08. The van der Waals surface area contributed by atoms with Gasteiger partial charge in [0.2, 0.25) is 0 Å². The number of carbonyl (C=O) groups excluding carboxylic acids is 3. The highest BCUT2D eigenvalue weighted by molar-refractivity contribution is 5.95. The minimum absolute atomic E-state index is 0.293. The number of benzene rings is 2. The Balaban J connectivity index is 1.79. The second-order valence-corrected chi connectivity index (χ2v) is 5.70. The van der Waals surface area contributed by atoms with Crippen LogP contribution in [0.4, 0.5) is 5.69 Å². The van der Waals surface area contributed by atoms with Crippen molar-refractivity contribution in [1.29, 1.82) is 0 Å². The molecule has 0 saturated carbocycles. The summed E-state index contributed by atoms with van der Waals surface area (Å²) in [6, 6.07) is 13.9. The zero-order valence-corrected chi connectivity index (χ0v) is 15.2. The fourth-order valence-corrected chi connectivity index (χ4v) is 2.13. The summed E-state index contributed by atoms with van der Waals surface area (Å²) in [7, 11) is 0. The highest BCUT2D eigenvalue weighted by atomic mass is 16.5. The van der Waals surface area contributed by atoms with Crippen molar-refractivity contribution in [2.75, 3.05) is 18.5 Å². The largest absolute Gasteiger partial charge is 0.462 e. The Morgan fingerprint density at radius 2 is 1.63 bits per heavy atom. The van der Waals surface area contributed by atoms with Gasteiger partial charge in [-0.15, -0.1) is 0 Å². The molecule has 1 amide bonds. The molecule has 140 valence electrons. The van der Waals surface area contributed by atoms with E-state index < -0.39 is 24.5 Å². The van der Waals surface area contributed by atoms with Crippen LogP contribution in [0, 0.1) is 6.92 Å². The van der Waals surface area contributed by atoms with E-state index in [9.17, 15) is 14.4 Å². The molecule has 0 atom stereocenters. The van der Waals surface area contributed by atoms with Crippen LogP contribution in [-0.2, 0) is 19.1 Å². The number of hydrogen-bond donors (Lipinski definition) is 1. The minimum Gasteiger partial charge on any atom is -0.462 e. The standard InChI is InChI=1S/C21H21NO5/c1-3-26-21(25)17-9-11-18(12-10-17)22-19(23)14-27-20(24)13-8-16-6-4-15(2)5-7-16/h4-13H,3,14H2,1-2H3,(H,22,23). The first-order valence-electron chi connectivity index (χ1n) is 8.46. The summed E-state index contributed by atoms with van der Waals surface area (Å²) in [4.78, 5) is 35.1. The van der Waals surface area contributed by atoms with Gasteiger partial charge in [-0.1, -0.05) is 29.8 Å². The molecule has 0 saturated heterocycles. The molecule has 0 spiro atoms. The fourth-order valence-electron chi connectivity index (χ4n) is 2.13. The Bertz CT molecular complexity index is 823. The molecule has 2 aromatic rings. The maximum absolute atomic E-state index is 11.8. The molecule has 6 heteroatoms. The van der Waals surface area contributed by atoms with Crippen LogP contribution < -0.4 is 5.32 Å². The van der Waals surface area contributed by atoms with Gasteiger partial charge in [-0.25, -0.2) is 9.59 Å². The molecular formula is C21H21NO5. The number of hydrogen-bond acceptors (Lipinski definition) is 5. The van der Waals surface area contributed by atoms with E-state index in [1.165, 1.54) is 6.08 Å². The van der Waals surface area contributed by atoms with Gasteiger partial charge in [0, 0.05) is 11.8 Å². The van der Waals surface area contributed by atoms with E-state index in [0.717, 1.165) is 11.1 Å². The molecule has 0 aliphatic heterocycles. The predicted octanol–water partition coefficient (Wildman–Crippen LogP) is 3.37. The average molecular weight is 367 g/mol. The highest BCUT2D eigenvalue weighted by Crippen LogP contribution is 2.10. The summed E-state index contributed by atoms with van der Waals surface area (Å²) >= 11 is 0. The van der Waals surface area contributed by atoms with Gasteiger partial charge in [0.1, 0.15) is 0 Å². The molecule has 0 aliphatic rings. The van der Waals surface area contributed by atoms with Crippen LogP contribution in [-0.4, -0.2) is 31.1 Å². The third-order valence-corrected chi connectivity index (χ3v) is 3.51. The Labute approximate surface area is 157 Å². The summed E-state index contributed by atoms with van der Waals surface area (Å²) in [6.45, 7) is 3.59. The molecule has 0 aromatic heterocycles. The summed E-state index contributed by atoms with van der Waals surface area (Å²) in [6.07, 6.45) is 2.89. The number of ether oxygens (including phenoxy) is 2. The van der Waals surface area contributed by atoms with Crippen molar-refractivity contribution < 1.29 is 23.9 Å². The SMILES string of the molecule is CCOC(=O)c1ccc(NC(=O)COC(=O)C=Cc2ccc(C)cc2)cc1. The topological polar surface area (TPSA) is 81.7 Å². The van der Waals surface area contributed by atoms with Crippen molar-refractivity contribution in [3.05, 3.63) is 71.3 Å². The second kappa shape index (κ2) is 9.91. The molecule has 0 fully saturated rings. The predicted molar refractivity (Wildman–Crippen MR) is 102 cm³/mol. The molecule has 0 unspecified atom stereocenters. The first-order chi connectivity index (χ1) is 13.0. The van der Waals surface area contributed by atoms with Crippen molar-refractivity contribution in [2.24, 2.45) is 0 Å². The molecule has 0 radical (unpaired) electrons. The number of rotatable bonds is 7. The molecular weight excluding hydrogens is 346 g/mol. The zero-order chi connectivity index (χ0) is 19.6. The molecule has 2 aromatic carbocycles. The lowest BCUT2D eigenvalue weighted by molar-refractivity contribution is -0.142. The van der Waals surface area contributed by atoms with Crippen molar-refractivity contribution >= 4 is 29.6 Å². The molecule has 0 aliphatic carbocycles. The maximum atomic E-state index is 11.8. The van der Waals surface area contributed by atoms with Gasteiger partial charge in [-0.05, 0) is 49.8 Å². The number of carbonyl (C=O) groups is 3. The smallest absolute Gasteiger partial charge is 0.338 e. The number of nitrogens with one attached hydrogen (secondary N) is 1. The van der Waals surface area contributed by atoms with Crippen molar-refractivity contribution in [1.82, 2.24) is 0 Å². The normalized spacial score (nSPS) is 10.4. The lowest BCUT2D eigenvalue weighted by Crippen LogP contribution is -2.20. The van der Waals surface area contributed by atoms with Gasteiger partial charge >= 0.3 is 11.9 Å². The van der Waals surface area contributed by atoms with Gasteiger partial charge < -0.3 is 14.8 Å². The van der Waals surface area contributed by atoms with E-state index in [4.69, 9.17) is 9.47 Å². The lowest BCUT2D eigenvalue weighted by atomic mass is 10.1. The third-order valence-electron chi connectivity index (χ3n) is 3.51. The monoisotopic (exact) mass is 367 g/mol. The molecule has 1 N–H and O–H groups in total. The maximum Gasteiger partial charge on any atom is 0.338 e. The molecule has 6 nitrogen and oxygen atoms in total. The van der Waals surface area contributed by atoms with E-state index in [1.807, 2.05) is 31.2 Å². The third kappa shape index (κ3) is 6.78. The van der Waals surface area contributed by atoms with Crippen LogP contribution in [0.15, 0.2) is 54.6 Å². The van der Waals surface area contributed by atoms with Gasteiger partial charge in [0.05, 0.1) is 12.2 Å². The molecule has 27 heavy (non-hydrogen) atoms. The van der Waals surface area contributed by atoms with Crippen LogP contribution in [0.5, 0.6) is 0 Å². The van der Waals surface area contributed by atoms with Crippen molar-refractivity contribution in [2.45, 2.75) is 13.8 Å².